The molecule has 0 aliphatic heterocycles. The molecule has 100 valence electrons. The molecule has 0 atom stereocenters. The van der Waals surface area contributed by atoms with Gasteiger partial charge in [0.1, 0.15) is 5.69 Å². The largest absolute Gasteiger partial charge is 0.466 e. The molecule has 0 unspecified atom stereocenters. The van der Waals surface area contributed by atoms with Crippen molar-refractivity contribution >= 4 is 16.9 Å². The van der Waals surface area contributed by atoms with Crippen LogP contribution in [-0.4, -0.2) is 22.5 Å². The van der Waals surface area contributed by atoms with Crippen LogP contribution in [0.4, 0.5) is 0 Å². The van der Waals surface area contributed by atoms with Crippen LogP contribution in [0, 0.1) is 6.92 Å². The Morgan fingerprint density at radius 3 is 2.58 bits per heavy atom. The second kappa shape index (κ2) is 7.20. The molecule has 1 heterocycles. The molecule has 0 saturated carbocycles. The Kier molecular flexibility index (Phi) is 5.60. The summed E-state index contributed by atoms with van der Waals surface area (Å²) >= 11 is 0. The highest BCUT2D eigenvalue weighted by atomic mass is 16.5. The van der Waals surface area contributed by atoms with Gasteiger partial charge in [-0.1, -0.05) is 18.2 Å². The van der Waals surface area contributed by atoms with Gasteiger partial charge in [0, 0.05) is 18.5 Å². The lowest BCUT2D eigenvalue weighted by Crippen LogP contribution is -2.05. The number of rotatable bonds is 1. The zero-order valence-electron chi connectivity index (χ0n) is 11.2. The van der Waals surface area contributed by atoms with Gasteiger partial charge < -0.3 is 4.74 Å². The van der Waals surface area contributed by atoms with E-state index in [-0.39, 0.29) is 11.5 Å². The van der Waals surface area contributed by atoms with Crippen molar-refractivity contribution in [2.24, 2.45) is 0 Å². The van der Waals surface area contributed by atoms with Crippen LogP contribution in [-0.2, 0) is 9.53 Å². The van der Waals surface area contributed by atoms with Crippen molar-refractivity contribution in [2.45, 2.75) is 20.8 Å². The highest BCUT2D eigenvalue weighted by Gasteiger charge is 1.95. The van der Waals surface area contributed by atoms with E-state index < -0.39 is 0 Å². The van der Waals surface area contributed by atoms with E-state index in [2.05, 4.69) is 14.7 Å². The van der Waals surface area contributed by atoms with Crippen molar-refractivity contribution in [2.75, 3.05) is 6.61 Å². The highest BCUT2D eigenvalue weighted by molar-refractivity contribution is 5.76. The quantitative estimate of drug-likeness (QED) is 0.732. The van der Waals surface area contributed by atoms with E-state index in [1.54, 1.807) is 26.1 Å². The van der Waals surface area contributed by atoms with Crippen LogP contribution in [0.1, 0.15) is 19.5 Å². The minimum absolute atomic E-state index is 0.211. The third kappa shape index (κ3) is 4.83. The molecule has 5 nitrogen and oxygen atoms in total. The summed E-state index contributed by atoms with van der Waals surface area (Å²) in [6.45, 7) is 5.31. The van der Waals surface area contributed by atoms with Crippen molar-refractivity contribution in [3.63, 3.8) is 0 Å². The third-order valence-corrected chi connectivity index (χ3v) is 2.21. The Morgan fingerprint density at radius 2 is 2.00 bits per heavy atom. The lowest BCUT2D eigenvalue weighted by molar-refractivity contribution is -0.140. The summed E-state index contributed by atoms with van der Waals surface area (Å²) in [6.07, 6.45) is 1.67. The molecule has 1 aromatic heterocycles. The van der Waals surface area contributed by atoms with Crippen LogP contribution < -0.4 is 5.56 Å². The Morgan fingerprint density at radius 1 is 1.32 bits per heavy atom. The maximum absolute atomic E-state index is 11.3. The molecule has 0 bridgehead atoms. The standard InChI is InChI=1S/C10H8N2O.C4H8O2/c1-7-10(13)12-9-5-3-2-4-8(9)6-11-7;1-3-6-4(2)5/h2-6H,1H3;3H2,1-2H3. The lowest BCUT2D eigenvalue weighted by atomic mass is 10.2. The Balaban J connectivity index is 0.000000258. The first-order valence-electron chi connectivity index (χ1n) is 5.90. The number of carbonyl (C=O) groups is 1. The zero-order chi connectivity index (χ0) is 14.3. The molecular formula is C14H16N2O3. The smallest absolute Gasteiger partial charge is 0.302 e. The molecule has 0 spiro atoms. The van der Waals surface area contributed by atoms with E-state index in [9.17, 15) is 9.59 Å². The van der Waals surface area contributed by atoms with Gasteiger partial charge in [0.25, 0.3) is 5.56 Å². The fourth-order valence-electron chi connectivity index (χ4n) is 1.31. The molecule has 0 radical (unpaired) electrons. The van der Waals surface area contributed by atoms with Gasteiger partial charge in [-0.25, -0.2) is 4.98 Å². The number of esters is 1. The average molecular weight is 260 g/mol. The first-order valence-corrected chi connectivity index (χ1v) is 5.90. The molecule has 0 fully saturated rings. The fraction of sp³-hybridized carbons (Fsp3) is 0.286. The number of aromatic nitrogens is 2. The lowest BCUT2D eigenvalue weighted by Gasteiger charge is -1.89. The topological polar surface area (TPSA) is 69.2 Å². The van der Waals surface area contributed by atoms with Crippen molar-refractivity contribution in [1.82, 2.24) is 9.97 Å². The average Bonchev–Trinajstić information content (AvgIpc) is 2.51. The summed E-state index contributed by atoms with van der Waals surface area (Å²) in [5, 5.41) is 0.882. The van der Waals surface area contributed by atoms with E-state index in [4.69, 9.17) is 0 Å². The van der Waals surface area contributed by atoms with Gasteiger partial charge in [-0.3, -0.25) is 14.6 Å². The number of carbonyl (C=O) groups excluding carboxylic acids is 1. The predicted octanol–water partition coefficient (Wildman–Crippen LogP) is 1.87. The zero-order valence-corrected chi connectivity index (χ0v) is 11.2. The predicted molar refractivity (Wildman–Crippen MR) is 72.9 cm³/mol. The van der Waals surface area contributed by atoms with Gasteiger partial charge in [0.05, 0.1) is 12.1 Å². The molecule has 0 aliphatic carbocycles. The van der Waals surface area contributed by atoms with Gasteiger partial charge in [-0.05, 0) is 19.9 Å². The third-order valence-electron chi connectivity index (χ3n) is 2.21. The first-order chi connectivity index (χ1) is 9.04. The van der Waals surface area contributed by atoms with Crippen molar-refractivity contribution < 1.29 is 9.53 Å². The number of aryl methyl sites for hydroxylation is 1. The van der Waals surface area contributed by atoms with Gasteiger partial charge in [-0.2, -0.15) is 0 Å². The molecular weight excluding hydrogens is 244 g/mol. The summed E-state index contributed by atoms with van der Waals surface area (Å²) in [4.78, 5) is 29.0. The van der Waals surface area contributed by atoms with Crippen molar-refractivity contribution in [1.29, 1.82) is 0 Å². The minimum Gasteiger partial charge on any atom is -0.466 e. The van der Waals surface area contributed by atoms with Gasteiger partial charge in [-0.15, -0.1) is 0 Å². The van der Waals surface area contributed by atoms with Crippen molar-refractivity contribution in [3.05, 3.63) is 46.5 Å². The number of nitrogens with zero attached hydrogens (tertiary/aromatic N) is 2. The summed E-state index contributed by atoms with van der Waals surface area (Å²) in [6, 6.07) is 7.43. The van der Waals surface area contributed by atoms with E-state index in [1.807, 2.05) is 18.2 Å². The normalized spacial score (nSPS) is 9.42. The van der Waals surface area contributed by atoms with Crippen LogP contribution in [0.25, 0.3) is 10.9 Å². The van der Waals surface area contributed by atoms with E-state index in [1.165, 1.54) is 6.92 Å². The molecule has 2 aromatic rings. The summed E-state index contributed by atoms with van der Waals surface area (Å²) in [5.41, 5.74) is 0.852. The molecule has 0 N–H and O–H groups in total. The van der Waals surface area contributed by atoms with Crippen molar-refractivity contribution in [3.8, 4) is 0 Å². The maximum atomic E-state index is 11.3. The SMILES string of the molecule is CCOC(C)=O.Cc1ncc2ccccc2nc1=O. The summed E-state index contributed by atoms with van der Waals surface area (Å²) < 4.78 is 4.40. The molecule has 5 heteroatoms. The summed E-state index contributed by atoms with van der Waals surface area (Å²) in [7, 11) is 0. The van der Waals surface area contributed by atoms with Crippen LogP contribution in [0.3, 0.4) is 0 Å². The number of hydrogen-bond acceptors (Lipinski definition) is 5. The second-order valence-corrected chi connectivity index (χ2v) is 3.74. The number of benzene rings is 1. The first kappa shape index (κ1) is 14.8. The van der Waals surface area contributed by atoms with Gasteiger partial charge in [0.15, 0.2) is 0 Å². The maximum Gasteiger partial charge on any atom is 0.302 e. The second-order valence-electron chi connectivity index (χ2n) is 3.74. The number of ether oxygens (including phenoxy) is 1. The molecule has 1 aromatic carbocycles. The monoisotopic (exact) mass is 260 g/mol. The van der Waals surface area contributed by atoms with E-state index >= 15 is 0 Å². The number of para-hydroxylation sites is 1. The molecule has 0 aliphatic rings. The Labute approximate surface area is 111 Å². The van der Waals surface area contributed by atoms with E-state index in [0.29, 0.717) is 17.8 Å². The Bertz CT molecular complexity index is 626. The van der Waals surface area contributed by atoms with Crippen LogP contribution in [0.2, 0.25) is 0 Å². The molecule has 0 amide bonds. The van der Waals surface area contributed by atoms with Crippen LogP contribution >= 0.6 is 0 Å². The molecule has 2 rings (SSSR count). The Hall–Kier alpha value is -2.30. The number of hydrogen-bond donors (Lipinski definition) is 0. The van der Waals surface area contributed by atoms with Crippen LogP contribution in [0.15, 0.2) is 35.3 Å². The van der Waals surface area contributed by atoms with Gasteiger partial charge >= 0.3 is 5.97 Å². The minimum atomic E-state index is -0.263. The number of fused-ring (bicyclic) bond motifs is 1. The molecule has 19 heavy (non-hydrogen) atoms. The van der Waals surface area contributed by atoms with Gasteiger partial charge in [0.2, 0.25) is 0 Å². The highest BCUT2D eigenvalue weighted by Crippen LogP contribution is 2.05. The van der Waals surface area contributed by atoms with Crippen LogP contribution in [0.5, 0.6) is 0 Å². The van der Waals surface area contributed by atoms with E-state index in [0.717, 1.165) is 5.39 Å². The fourth-order valence-corrected chi connectivity index (χ4v) is 1.31. The molecule has 0 saturated heterocycles. The summed E-state index contributed by atoms with van der Waals surface area (Å²) in [5.74, 6) is -0.211.